The number of rotatable bonds is 8. The lowest BCUT2D eigenvalue weighted by molar-refractivity contribution is -0.140. The Balaban J connectivity index is 2.03. The summed E-state index contributed by atoms with van der Waals surface area (Å²) in [5.74, 6) is -0.865. The minimum absolute atomic E-state index is 0.0190. The summed E-state index contributed by atoms with van der Waals surface area (Å²) in [5, 5.41) is 0.703. The van der Waals surface area contributed by atoms with Gasteiger partial charge in [0.25, 0.3) is 5.56 Å². The number of ether oxygens (including phenoxy) is 2. The van der Waals surface area contributed by atoms with E-state index in [-0.39, 0.29) is 17.3 Å². The number of hydrogen-bond acceptors (Lipinski definition) is 7. The van der Waals surface area contributed by atoms with Gasteiger partial charge in [-0.05, 0) is 36.8 Å². The molecule has 0 saturated heterocycles. The van der Waals surface area contributed by atoms with E-state index in [0.717, 1.165) is 24.6 Å². The Bertz CT molecular complexity index is 1110. The molecule has 0 atom stereocenters. The van der Waals surface area contributed by atoms with Crippen molar-refractivity contribution in [3.63, 3.8) is 0 Å². The van der Waals surface area contributed by atoms with Crippen molar-refractivity contribution in [1.29, 1.82) is 0 Å². The van der Waals surface area contributed by atoms with Crippen LogP contribution in [0.1, 0.15) is 30.1 Å². The van der Waals surface area contributed by atoms with Crippen LogP contribution in [0.2, 0.25) is 0 Å². The van der Waals surface area contributed by atoms with E-state index in [1.165, 1.54) is 23.8 Å². The van der Waals surface area contributed by atoms with Crippen molar-refractivity contribution in [2.24, 2.45) is 0 Å². The van der Waals surface area contributed by atoms with Gasteiger partial charge in [0.15, 0.2) is 5.16 Å². The average Bonchev–Trinajstić information content (AvgIpc) is 2.77. The number of benzene rings is 2. The van der Waals surface area contributed by atoms with Crippen LogP contribution in [0.25, 0.3) is 16.6 Å². The van der Waals surface area contributed by atoms with Crippen LogP contribution >= 0.6 is 11.8 Å². The SMILES string of the molecule is CCCCOC(=O)CSc1nc2cc(C(=O)OC)ccc2c(=O)n1-c1ccccc1. The molecule has 0 aliphatic rings. The second kappa shape index (κ2) is 10.1. The van der Waals surface area contributed by atoms with Crippen molar-refractivity contribution in [2.75, 3.05) is 19.5 Å². The van der Waals surface area contributed by atoms with E-state index in [2.05, 4.69) is 4.98 Å². The molecule has 0 fully saturated rings. The highest BCUT2D eigenvalue weighted by Gasteiger charge is 2.17. The molecule has 0 amide bonds. The lowest BCUT2D eigenvalue weighted by Crippen LogP contribution is -2.22. The maximum Gasteiger partial charge on any atom is 0.337 e. The Labute approximate surface area is 178 Å². The van der Waals surface area contributed by atoms with Crippen molar-refractivity contribution < 1.29 is 19.1 Å². The maximum absolute atomic E-state index is 13.2. The molecule has 2 aromatic carbocycles. The number of nitrogens with zero attached hydrogens (tertiary/aromatic N) is 2. The lowest BCUT2D eigenvalue weighted by atomic mass is 10.1. The number of carbonyl (C=O) groups excluding carboxylic acids is 2. The summed E-state index contributed by atoms with van der Waals surface area (Å²) in [4.78, 5) is 41.7. The van der Waals surface area contributed by atoms with E-state index in [0.29, 0.717) is 33.9 Å². The molecule has 0 radical (unpaired) electrons. The van der Waals surface area contributed by atoms with Crippen molar-refractivity contribution in [3.8, 4) is 5.69 Å². The first-order chi connectivity index (χ1) is 14.5. The van der Waals surface area contributed by atoms with E-state index >= 15 is 0 Å². The summed E-state index contributed by atoms with van der Waals surface area (Å²) < 4.78 is 11.4. The van der Waals surface area contributed by atoms with Crippen LogP contribution in [0.5, 0.6) is 0 Å². The molecule has 3 aromatic rings. The Kier molecular flexibility index (Phi) is 7.24. The van der Waals surface area contributed by atoms with E-state index < -0.39 is 5.97 Å². The smallest absolute Gasteiger partial charge is 0.337 e. The van der Waals surface area contributed by atoms with Gasteiger partial charge in [0.05, 0.1) is 41.6 Å². The number of unbranched alkanes of at least 4 members (excludes halogenated alkanes) is 1. The summed E-state index contributed by atoms with van der Waals surface area (Å²) >= 11 is 1.12. The highest BCUT2D eigenvalue weighted by Crippen LogP contribution is 2.22. The zero-order valence-electron chi connectivity index (χ0n) is 16.8. The van der Waals surface area contributed by atoms with Crippen molar-refractivity contribution in [3.05, 3.63) is 64.4 Å². The van der Waals surface area contributed by atoms with Crippen molar-refractivity contribution in [2.45, 2.75) is 24.9 Å². The first-order valence-electron chi connectivity index (χ1n) is 9.54. The third-order valence-corrected chi connectivity index (χ3v) is 5.27. The molecule has 0 bridgehead atoms. The van der Waals surface area contributed by atoms with E-state index in [9.17, 15) is 14.4 Å². The van der Waals surface area contributed by atoms with Gasteiger partial charge in [0.2, 0.25) is 0 Å². The van der Waals surface area contributed by atoms with E-state index in [4.69, 9.17) is 9.47 Å². The standard InChI is InChI=1S/C22H22N2O5S/c1-3-4-12-29-19(25)14-30-22-23-18-13-15(21(27)28-2)10-11-17(18)20(26)24(22)16-8-6-5-7-9-16/h5-11,13H,3-4,12,14H2,1-2H3. The summed E-state index contributed by atoms with van der Waals surface area (Å²) in [5.41, 5.74) is 1.00. The molecule has 3 rings (SSSR count). The molecule has 1 aromatic heterocycles. The molecule has 8 heteroatoms. The predicted octanol–water partition coefficient (Wildman–Crippen LogP) is 3.61. The summed E-state index contributed by atoms with van der Waals surface area (Å²) in [6.45, 7) is 2.39. The number of para-hydroxylation sites is 1. The molecule has 156 valence electrons. The molecule has 1 heterocycles. The first-order valence-corrected chi connectivity index (χ1v) is 10.5. The van der Waals surface area contributed by atoms with Crippen LogP contribution in [-0.2, 0) is 14.3 Å². The maximum atomic E-state index is 13.2. The fourth-order valence-corrected chi connectivity index (χ4v) is 3.62. The molecule has 0 saturated carbocycles. The molecular formula is C22H22N2O5S. The van der Waals surface area contributed by atoms with E-state index in [1.54, 1.807) is 18.2 Å². The Morgan fingerprint density at radius 2 is 1.90 bits per heavy atom. The fraction of sp³-hybridized carbons (Fsp3) is 0.273. The van der Waals surface area contributed by atoms with Crippen LogP contribution < -0.4 is 5.56 Å². The number of carbonyl (C=O) groups is 2. The quantitative estimate of drug-likeness (QED) is 0.235. The molecule has 0 aliphatic heterocycles. The molecule has 0 spiro atoms. The van der Waals surface area contributed by atoms with Crippen molar-refractivity contribution >= 4 is 34.6 Å². The normalized spacial score (nSPS) is 10.7. The van der Waals surface area contributed by atoms with Gasteiger partial charge >= 0.3 is 11.9 Å². The van der Waals surface area contributed by atoms with Crippen LogP contribution in [0.15, 0.2) is 58.5 Å². The van der Waals surface area contributed by atoms with Gasteiger partial charge in [-0.2, -0.15) is 0 Å². The van der Waals surface area contributed by atoms with Gasteiger partial charge in [0.1, 0.15) is 0 Å². The van der Waals surface area contributed by atoms with Gasteiger partial charge in [-0.1, -0.05) is 43.3 Å². The van der Waals surface area contributed by atoms with Gasteiger partial charge in [-0.25, -0.2) is 9.78 Å². The van der Waals surface area contributed by atoms with Crippen LogP contribution in [0, 0.1) is 0 Å². The second-order valence-electron chi connectivity index (χ2n) is 6.46. The summed E-state index contributed by atoms with van der Waals surface area (Å²) in [7, 11) is 1.29. The zero-order chi connectivity index (χ0) is 21.5. The van der Waals surface area contributed by atoms with Gasteiger partial charge < -0.3 is 9.47 Å². The number of aromatic nitrogens is 2. The Hall–Kier alpha value is -3.13. The van der Waals surface area contributed by atoms with Crippen LogP contribution in [-0.4, -0.2) is 41.0 Å². The highest BCUT2D eigenvalue weighted by molar-refractivity contribution is 7.99. The molecule has 0 unspecified atom stereocenters. The summed E-state index contributed by atoms with van der Waals surface area (Å²) in [6.07, 6.45) is 1.73. The number of esters is 2. The Morgan fingerprint density at radius 3 is 2.60 bits per heavy atom. The molecule has 0 N–H and O–H groups in total. The van der Waals surface area contributed by atoms with Crippen molar-refractivity contribution in [1.82, 2.24) is 9.55 Å². The first kappa shape index (κ1) is 21.6. The van der Waals surface area contributed by atoms with Gasteiger partial charge in [-0.15, -0.1) is 0 Å². The molecule has 0 aliphatic carbocycles. The van der Waals surface area contributed by atoms with E-state index in [1.807, 2.05) is 25.1 Å². The minimum atomic E-state index is -0.514. The number of methoxy groups -OCH3 is 1. The topological polar surface area (TPSA) is 87.5 Å². The third kappa shape index (κ3) is 4.88. The monoisotopic (exact) mass is 426 g/mol. The molecule has 7 nitrogen and oxygen atoms in total. The number of hydrogen-bond donors (Lipinski definition) is 0. The molecule has 30 heavy (non-hydrogen) atoms. The average molecular weight is 426 g/mol. The highest BCUT2D eigenvalue weighted by atomic mass is 32.2. The number of fused-ring (bicyclic) bond motifs is 1. The zero-order valence-corrected chi connectivity index (χ0v) is 17.6. The minimum Gasteiger partial charge on any atom is -0.465 e. The van der Waals surface area contributed by atoms with Crippen LogP contribution in [0.4, 0.5) is 0 Å². The summed E-state index contributed by atoms with van der Waals surface area (Å²) in [6, 6.07) is 13.7. The Morgan fingerprint density at radius 1 is 1.13 bits per heavy atom. The molecular weight excluding hydrogens is 404 g/mol. The second-order valence-corrected chi connectivity index (χ2v) is 7.40. The fourth-order valence-electron chi connectivity index (χ4n) is 2.81. The van der Waals surface area contributed by atoms with Gasteiger partial charge in [0, 0.05) is 0 Å². The van der Waals surface area contributed by atoms with Gasteiger partial charge in [-0.3, -0.25) is 14.2 Å². The third-order valence-electron chi connectivity index (χ3n) is 4.35. The predicted molar refractivity (Wildman–Crippen MR) is 115 cm³/mol. The van der Waals surface area contributed by atoms with Crippen LogP contribution in [0.3, 0.4) is 0 Å². The number of thioether (sulfide) groups is 1. The largest absolute Gasteiger partial charge is 0.465 e. The lowest BCUT2D eigenvalue weighted by Gasteiger charge is -2.13.